The Morgan fingerprint density at radius 3 is 2.40 bits per heavy atom. The van der Waals surface area contributed by atoms with Crippen LogP contribution >= 0.6 is 0 Å². The lowest BCUT2D eigenvalue weighted by Crippen LogP contribution is -2.24. The molecule has 0 radical (unpaired) electrons. The van der Waals surface area contributed by atoms with Gasteiger partial charge in [-0.3, -0.25) is 4.79 Å². The molecule has 0 unspecified atom stereocenters. The molecular formula is C21H20F3N3O3. The molecular weight excluding hydrogens is 399 g/mol. The van der Waals surface area contributed by atoms with Gasteiger partial charge in [0.2, 0.25) is 11.7 Å². The first-order valence-electron chi connectivity index (χ1n) is 9.47. The van der Waals surface area contributed by atoms with Gasteiger partial charge in [-0.15, -0.1) is 0 Å². The molecule has 0 bridgehead atoms. The summed E-state index contributed by atoms with van der Waals surface area (Å²) in [6.07, 6.45) is -4.06. The third-order valence-corrected chi connectivity index (χ3v) is 4.92. The molecule has 158 valence electrons. The summed E-state index contributed by atoms with van der Waals surface area (Å²) in [7, 11) is 0. The SMILES string of the molecule is Cc1cccc(C)c1NC(=O)Cn1c(C(F)(F)F)nc2cc3c(cc21)OCCCO3. The molecule has 0 saturated heterocycles. The number of halogens is 3. The number of ether oxygens (including phenoxy) is 2. The maximum atomic E-state index is 13.7. The number of hydrogen-bond donors (Lipinski definition) is 1. The van der Waals surface area contributed by atoms with Gasteiger partial charge in [0.05, 0.1) is 24.2 Å². The van der Waals surface area contributed by atoms with E-state index in [1.165, 1.54) is 12.1 Å². The quantitative estimate of drug-likeness (QED) is 0.680. The molecule has 1 aliphatic rings. The fourth-order valence-electron chi connectivity index (χ4n) is 3.49. The standard InChI is InChI=1S/C21H20F3N3O3/c1-12-5-3-6-13(2)19(12)26-18(28)11-27-15-10-17-16(29-7-4-8-30-17)9-14(15)25-20(27)21(22,23)24/h3,5-6,9-10H,4,7-8,11H2,1-2H3,(H,26,28). The smallest absolute Gasteiger partial charge is 0.449 e. The molecule has 2 heterocycles. The fourth-order valence-corrected chi connectivity index (χ4v) is 3.49. The van der Waals surface area contributed by atoms with Gasteiger partial charge in [0.25, 0.3) is 0 Å². The van der Waals surface area contributed by atoms with Crippen molar-refractivity contribution in [1.29, 1.82) is 0 Å². The Kier molecular flexibility index (Phi) is 5.05. The van der Waals surface area contributed by atoms with Gasteiger partial charge in [-0.2, -0.15) is 13.2 Å². The minimum atomic E-state index is -4.73. The van der Waals surface area contributed by atoms with E-state index in [1.807, 2.05) is 32.0 Å². The zero-order valence-corrected chi connectivity index (χ0v) is 16.5. The highest BCUT2D eigenvalue weighted by Gasteiger charge is 2.38. The molecule has 0 aliphatic carbocycles. The summed E-state index contributed by atoms with van der Waals surface area (Å²) in [4.78, 5) is 16.4. The van der Waals surface area contributed by atoms with Gasteiger partial charge in [0.15, 0.2) is 11.5 Å². The summed E-state index contributed by atoms with van der Waals surface area (Å²) in [5, 5.41) is 2.72. The summed E-state index contributed by atoms with van der Waals surface area (Å²) < 4.78 is 53.0. The number of aromatic nitrogens is 2. The number of benzene rings is 2. The molecule has 0 saturated carbocycles. The predicted octanol–water partition coefficient (Wildman–Crippen LogP) is 4.47. The number of carbonyl (C=O) groups is 1. The summed E-state index contributed by atoms with van der Waals surface area (Å²) in [5.74, 6) is -1.04. The maximum Gasteiger partial charge on any atom is 0.449 e. The Morgan fingerprint density at radius 1 is 1.13 bits per heavy atom. The summed E-state index contributed by atoms with van der Waals surface area (Å²) in [6.45, 7) is 3.90. The molecule has 4 rings (SSSR count). The molecule has 0 atom stereocenters. The zero-order chi connectivity index (χ0) is 21.5. The van der Waals surface area contributed by atoms with Crippen LogP contribution in [-0.2, 0) is 17.5 Å². The highest BCUT2D eigenvalue weighted by atomic mass is 19.4. The Labute approximate surface area is 170 Å². The van der Waals surface area contributed by atoms with Gasteiger partial charge < -0.3 is 19.4 Å². The maximum absolute atomic E-state index is 13.7. The zero-order valence-electron chi connectivity index (χ0n) is 16.5. The second kappa shape index (κ2) is 7.55. The van der Waals surface area contributed by atoms with Crippen LogP contribution in [0.25, 0.3) is 11.0 Å². The van der Waals surface area contributed by atoms with E-state index < -0.39 is 24.5 Å². The first-order chi connectivity index (χ1) is 14.2. The summed E-state index contributed by atoms with van der Waals surface area (Å²) in [6, 6.07) is 8.36. The van der Waals surface area contributed by atoms with Crippen LogP contribution in [0.3, 0.4) is 0 Å². The largest absolute Gasteiger partial charge is 0.489 e. The van der Waals surface area contributed by atoms with Crippen molar-refractivity contribution in [2.45, 2.75) is 33.0 Å². The molecule has 1 aromatic heterocycles. The number of alkyl halides is 3. The van der Waals surface area contributed by atoms with Crippen LogP contribution in [0.5, 0.6) is 11.5 Å². The second-order valence-corrected chi connectivity index (χ2v) is 7.17. The van der Waals surface area contributed by atoms with E-state index in [2.05, 4.69) is 10.3 Å². The molecule has 0 fully saturated rings. The van der Waals surface area contributed by atoms with Crippen molar-refractivity contribution in [2.75, 3.05) is 18.5 Å². The van der Waals surface area contributed by atoms with E-state index in [4.69, 9.17) is 9.47 Å². The van der Waals surface area contributed by atoms with Crippen molar-refractivity contribution in [3.63, 3.8) is 0 Å². The van der Waals surface area contributed by atoms with Crippen molar-refractivity contribution in [2.24, 2.45) is 0 Å². The van der Waals surface area contributed by atoms with Gasteiger partial charge in [0.1, 0.15) is 6.54 Å². The van der Waals surface area contributed by atoms with Crippen molar-refractivity contribution in [3.05, 3.63) is 47.3 Å². The molecule has 3 aromatic rings. The number of nitrogens with zero attached hydrogens (tertiary/aromatic N) is 2. The molecule has 6 nitrogen and oxygen atoms in total. The Hall–Kier alpha value is -3.23. The lowest BCUT2D eigenvalue weighted by Gasteiger charge is -2.14. The Morgan fingerprint density at radius 2 is 1.77 bits per heavy atom. The van der Waals surface area contributed by atoms with Gasteiger partial charge in [-0.25, -0.2) is 4.98 Å². The van der Waals surface area contributed by atoms with E-state index in [-0.39, 0.29) is 11.0 Å². The highest BCUT2D eigenvalue weighted by Crippen LogP contribution is 2.37. The minimum absolute atomic E-state index is 0.0893. The van der Waals surface area contributed by atoms with Gasteiger partial charge in [-0.1, -0.05) is 18.2 Å². The van der Waals surface area contributed by atoms with Gasteiger partial charge >= 0.3 is 6.18 Å². The molecule has 1 aliphatic heterocycles. The number of anilines is 1. The molecule has 9 heteroatoms. The average Bonchev–Trinajstić information content (AvgIpc) is 2.86. The van der Waals surface area contributed by atoms with E-state index >= 15 is 0 Å². The molecule has 2 aromatic carbocycles. The van der Waals surface area contributed by atoms with E-state index in [1.54, 1.807) is 0 Å². The van der Waals surface area contributed by atoms with Crippen LogP contribution < -0.4 is 14.8 Å². The van der Waals surface area contributed by atoms with Crippen LogP contribution in [0, 0.1) is 13.8 Å². The average molecular weight is 419 g/mol. The number of nitrogens with one attached hydrogen (secondary N) is 1. The third-order valence-electron chi connectivity index (χ3n) is 4.92. The van der Waals surface area contributed by atoms with Crippen LogP contribution in [0.1, 0.15) is 23.4 Å². The second-order valence-electron chi connectivity index (χ2n) is 7.17. The third kappa shape index (κ3) is 3.79. The number of hydrogen-bond acceptors (Lipinski definition) is 4. The molecule has 30 heavy (non-hydrogen) atoms. The number of amides is 1. The first-order valence-corrected chi connectivity index (χ1v) is 9.47. The first kappa shape index (κ1) is 20.1. The van der Waals surface area contributed by atoms with Crippen molar-refractivity contribution in [3.8, 4) is 11.5 Å². The van der Waals surface area contributed by atoms with Crippen molar-refractivity contribution >= 4 is 22.6 Å². The number of rotatable bonds is 3. The molecule has 1 amide bonds. The lowest BCUT2D eigenvalue weighted by molar-refractivity contribution is -0.147. The van der Waals surface area contributed by atoms with E-state index in [9.17, 15) is 18.0 Å². The fraction of sp³-hybridized carbons (Fsp3) is 0.333. The Balaban J connectivity index is 1.74. The molecule has 0 spiro atoms. The van der Waals surface area contributed by atoms with Gasteiger partial charge in [-0.05, 0) is 25.0 Å². The minimum Gasteiger partial charge on any atom is -0.489 e. The van der Waals surface area contributed by atoms with Crippen LogP contribution in [0.2, 0.25) is 0 Å². The topological polar surface area (TPSA) is 65.4 Å². The number of para-hydroxylation sites is 1. The predicted molar refractivity (Wildman–Crippen MR) is 105 cm³/mol. The highest BCUT2D eigenvalue weighted by molar-refractivity contribution is 5.93. The monoisotopic (exact) mass is 419 g/mol. The van der Waals surface area contributed by atoms with Crippen molar-refractivity contribution in [1.82, 2.24) is 9.55 Å². The van der Waals surface area contributed by atoms with Crippen LogP contribution in [0.4, 0.5) is 18.9 Å². The normalized spacial score (nSPS) is 13.9. The number of carbonyl (C=O) groups excluding carboxylic acids is 1. The number of aryl methyl sites for hydroxylation is 2. The van der Waals surface area contributed by atoms with E-state index in [0.717, 1.165) is 15.7 Å². The summed E-state index contributed by atoms with van der Waals surface area (Å²) >= 11 is 0. The number of imidazole rings is 1. The van der Waals surface area contributed by atoms with Crippen LogP contribution in [-0.4, -0.2) is 28.7 Å². The lowest BCUT2D eigenvalue weighted by atomic mass is 10.1. The Bertz CT molecular complexity index is 1100. The van der Waals surface area contributed by atoms with Crippen molar-refractivity contribution < 1.29 is 27.4 Å². The summed E-state index contributed by atoms with van der Waals surface area (Å²) in [5.41, 5.74) is 2.48. The van der Waals surface area contributed by atoms with Gasteiger partial charge in [0, 0.05) is 24.2 Å². The molecule has 1 N–H and O–H groups in total. The van der Waals surface area contributed by atoms with Crippen LogP contribution in [0.15, 0.2) is 30.3 Å². The van der Waals surface area contributed by atoms with E-state index in [0.29, 0.717) is 36.8 Å². The number of fused-ring (bicyclic) bond motifs is 2.